The highest BCUT2D eigenvalue weighted by Crippen LogP contribution is 2.33. The summed E-state index contributed by atoms with van der Waals surface area (Å²) < 4.78 is 0. The number of hydrogen-bond acceptors (Lipinski definition) is 5. The lowest BCUT2D eigenvalue weighted by molar-refractivity contribution is 1.09. The number of nitrogens with one attached hydrogen (secondary N) is 1. The predicted molar refractivity (Wildman–Crippen MR) is 101 cm³/mol. The lowest BCUT2D eigenvalue weighted by Gasteiger charge is -2.21. The molecule has 122 valence electrons. The topological polar surface area (TPSA) is 67.1 Å². The van der Waals surface area contributed by atoms with E-state index in [-0.39, 0.29) is 0 Å². The SMILES string of the molecule is CN(c1ccccc1)c1ncnc(Nc2ccc(Cl)c(Cl)c2)c1N. The van der Waals surface area contributed by atoms with E-state index in [1.807, 2.05) is 42.3 Å². The summed E-state index contributed by atoms with van der Waals surface area (Å²) in [5, 5.41) is 4.08. The number of rotatable bonds is 4. The van der Waals surface area contributed by atoms with Crippen LogP contribution in [0.5, 0.6) is 0 Å². The minimum Gasteiger partial charge on any atom is -0.393 e. The second kappa shape index (κ2) is 6.95. The van der Waals surface area contributed by atoms with Crippen LogP contribution >= 0.6 is 23.2 Å². The summed E-state index contributed by atoms with van der Waals surface area (Å²) in [4.78, 5) is 10.4. The maximum absolute atomic E-state index is 6.25. The number of nitrogen functional groups attached to an aromatic ring is 1. The molecule has 0 aliphatic carbocycles. The monoisotopic (exact) mass is 359 g/mol. The molecule has 24 heavy (non-hydrogen) atoms. The van der Waals surface area contributed by atoms with Crippen LogP contribution in [0, 0.1) is 0 Å². The molecule has 1 aromatic heterocycles. The van der Waals surface area contributed by atoms with Crippen LogP contribution in [0.3, 0.4) is 0 Å². The normalized spacial score (nSPS) is 10.5. The van der Waals surface area contributed by atoms with Crippen molar-refractivity contribution in [3.63, 3.8) is 0 Å². The minimum absolute atomic E-state index is 0.440. The molecular weight excluding hydrogens is 345 g/mol. The largest absolute Gasteiger partial charge is 0.393 e. The van der Waals surface area contributed by atoms with Gasteiger partial charge in [0.15, 0.2) is 11.6 Å². The van der Waals surface area contributed by atoms with E-state index in [9.17, 15) is 0 Å². The fourth-order valence-electron chi connectivity index (χ4n) is 2.24. The van der Waals surface area contributed by atoms with Gasteiger partial charge in [0.2, 0.25) is 0 Å². The second-order valence-corrected chi connectivity index (χ2v) is 5.92. The Bertz CT molecular complexity index is 855. The third-order valence-corrected chi connectivity index (χ3v) is 4.25. The number of benzene rings is 2. The molecule has 0 aliphatic rings. The van der Waals surface area contributed by atoms with Crippen molar-refractivity contribution in [1.82, 2.24) is 9.97 Å². The summed E-state index contributed by atoms with van der Waals surface area (Å²) in [5.74, 6) is 1.11. The van der Waals surface area contributed by atoms with E-state index in [1.54, 1.807) is 18.2 Å². The molecule has 0 saturated carbocycles. The number of hydrogen-bond donors (Lipinski definition) is 2. The number of aromatic nitrogens is 2. The highest BCUT2D eigenvalue weighted by Gasteiger charge is 2.14. The minimum atomic E-state index is 0.440. The Morgan fingerprint density at radius 1 is 1.00 bits per heavy atom. The quantitative estimate of drug-likeness (QED) is 0.694. The van der Waals surface area contributed by atoms with Crippen molar-refractivity contribution in [3.05, 3.63) is 64.9 Å². The Labute approximate surface area is 150 Å². The van der Waals surface area contributed by atoms with Gasteiger partial charge in [-0.15, -0.1) is 0 Å². The molecule has 0 bridgehead atoms. The van der Waals surface area contributed by atoms with Crippen LogP contribution < -0.4 is 16.0 Å². The van der Waals surface area contributed by atoms with Crippen molar-refractivity contribution in [2.24, 2.45) is 0 Å². The molecule has 3 rings (SSSR count). The van der Waals surface area contributed by atoms with Gasteiger partial charge in [-0.05, 0) is 30.3 Å². The van der Waals surface area contributed by atoms with E-state index in [0.29, 0.717) is 27.4 Å². The molecular formula is C17H15Cl2N5. The lowest BCUT2D eigenvalue weighted by Crippen LogP contribution is -2.15. The van der Waals surface area contributed by atoms with Gasteiger partial charge >= 0.3 is 0 Å². The maximum atomic E-state index is 6.25. The van der Waals surface area contributed by atoms with Gasteiger partial charge in [0.05, 0.1) is 10.0 Å². The number of nitrogens with zero attached hydrogens (tertiary/aromatic N) is 3. The number of anilines is 5. The molecule has 0 amide bonds. The van der Waals surface area contributed by atoms with Crippen molar-refractivity contribution in [3.8, 4) is 0 Å². The smallest absolute Gasteiger partial charge is 0.161 e. The molecule has 0 aliphatic heterocycles. The summed E-state index contributed by atoms with van der Waals surface area (Å²) in [6.45, 7) is 0. The molecule has 0 saturated heterocycles. The first kappa shape index (κ1) is 16.4. The summed E-state index contributed by atoms with van der Waals surface area (Å²) in [7, 11) is 1.90. The average Bonchev–Trinajstić information content (AvgIpc) is 2.60. The average molecular weight is 360 g/mol. The molecule has 0 radical (unpaired) electrons. The zero-order valence-electron chi connectivity index (χ0n) is 12.9. The van der Waals surface area contributed by atoms with Crippen molar-refractivity contribution in [1.29, 1.82) is 0 Å². The molecule has 1 heterocycles. The Balaban J connectivity index is 1.92. The molecule has 3 N–H and O–H groups in total. The summed E-state index contributed by atoms with van der Waals surface area (Å²) in [5.41, 5.74) is 8.40. The highest BCUT2D eigenvalue weighted by atomic mass is 35.5. The molecule has 5 nitrogen and oxygen atoms in total. The zero-order chi connectivity index (χ0) is 17.1. The third kappa shape index (κ3) is 3.37. The Hall–Kier alpha value is -2.50. The number of nitrogens with two attached hydrogens (primary N) is 1. The summed E-state index contributed by atoms with van der Waals surface area (Å²) in [6.07, 6.45) is 1.46. The van der Waals surface area contributed by atoms with E-state index >= 15 is 0 Å². The third-order valence-electron chi connectivity index (χ3n) is 3.51. The van der Waals surface area contributed by atoms with Gasteiger partial charge < -0.3 is 16.0 Å². The first-order valence-corrected chi connectivity index (χ1v) is 7.93. The molecule has 0 fully saturated rings. The first-order chi connectivity index (χ1) is 11.6. The summed E-state index contributed by atoms with van der Waals surface area (Å²) >= 11 is 12.0. The second-order valence-electron chi connectivity index (χ2n) is 5.11. The van der Waals surface area contributed by atoms with Crippen LogP contribution in [0.15, 0.2) is 54.9 Å². The van der Waals surface area contributed by atoms with Gasteiger partial charge in [0.25, 0.3) is 0 Å². The van der Waals surface area contributed by atoms with Crippen LogP contribution in [-0.4, -0.2) is 17.0 Å². The zero-order valence-corrected chi connectivity index (χ0v) is 14.4. The molecule has 0 spiro atoms. The fourth-order valence-corrected chi connectivity index (χ4v) is 2.54. The maximum Gasteiger partial charge on any atom is 0.161 e. The van der Waals surface area contributed by atoms with E-state index in [4.69, 9.17) is 28.9 Å². The molecule has 2 aromatic carbocycles. The first-order valence-electron chi connectivity index (χ1n) is 7.17. The van der Waals surface area contributed by atoms with E-state index in [2.05, 4.69) is 15.3 Å². The predicted octanol–water partition coefficient (Wildman–Crippen LogP) is 4.88. The van der Waals surface area contributed by atoms with Gasteiger partial charge in [0, 0.05) is 18.4 Å². The Morgan fingerprint density at radius 2 is 1.75 bits per heavy atom. The van der Waals surface area contributed by atoms with Crippen LogP contribution in [0.4, 0.5) is 28.7 Å². The standard InChI is InChI=1S/C17H15Cl2N5/c1-24(12-5-3-2-4-6-12)17-15(20)16(21-10-22-17)23-11-7-8-13(18)14(19)9-11/h2-10H,20H2,1H3,(H,21,22,23). The molecule has 3 aromatic rings. The van der Waals surface area contributed by atoms with Crippen molar-refractivity contribution in [2.45, 2.75) is 0 Å². The number of para-hydroxylation sites is 1. The van der Waals surface area contributed by atoms with Gasteiger partial charge in [-0.1, -0.05) is 41.4 Å². The summed E-state index contributed by atoms with van der Waals surface area (Å²) in [6, 6.07) is 15.1. The van der Waals surface area contributed by atoms with Crippen LogP contribution in [-0.2, 0) is 0 Å². The van der Waals surface area contributed by atoms with Gasteiger partial charge in [-0.25, -0.2) is 9.97 Å². The molecule has 7 heteroatoms. The van der Waals surface area contributed by atoms with E-state index < -0.39 is 0 Å². The van der Waals surface area contributed by atoms with Crippen LogP contribution in [0.2, 0.25) is 10.0 Å². The van der Waals surface area contributed by atoms with Gasteiger partial charge in [-0.2, -0.15) is 0 Å². The Kier molecular flexibility index (Phi) is 4.74. The fraction of sp³-hybridized carbons (Fsp3) is 0.0588. The Morgan fingerprint density at radius 3 is 2.46 bits per heavy atom. The lowest BCUT2D eigenvalue weighted by atomic mass is 10.3. The van der Waals surface area contributed by atoms with Crippen molar-refractivity contribution >= 4 is 51.9 Å². The van der Waals surface area contributed by atoms with Crippen LogP contribution in [0.1, 0.15) is 0 Å². The molecule has 0 atom stereocenters. The highest BCUT2D eigenvalue weighted by molar-refractivity contribution is 6.42. The van der Waals surface area contributed by atoms with Crippen molar-refractivity contribution < 1.29 is 0 Å². The van der Waals surface area contributed by atoms with Gasteiger partial charge in [0.1, 0.15) is 12.0 Å². The number of halogens is 2. The van der Waals surface area contributed by atoms with E-state index in [0.717, 1.165) is 11.4 Å². The van der Waals surface area contributed by atoms with Gasteiger partial charge in [-0.3, -0.25) is 0 Å². The van der Waals surface area contributed by atoms with Crippen molar-refractivity contribution in [2.75, 3.05) is 23.0 Å². The van der Waals surface area contributed by atoms with Crippen LogP contribution in [0.25, 0.3) is 0 Å². The molecule has 0 unspecified atom stereocenters. The van der Waals surface area contributed by atoms with E-state index in [1.165, 1.54) is 6.33 Å².